The topological polar surface area (TPSA) is 363 Å². The summed E-state index contributed by atoms with van der Waals surface area (Å²) in [5.74, 6) is 2.33. The number of carbonyl (C=O) groups excluding carboxylic acids is 1. The SMILES string of the molecule is CC(C)(c1ccc(N)cc1)c1ccc(N)cc1.Cc1cc(N)ccc1-c1ccc(N)cc1C.Nc1ccc(C(=O)c2ccc(N)cc2)cc1.Nc1ccc(C(c2ccc(N)cc2)(C(F)(F)F)C(F)(F)F)cc1.Nc1ccc(S(=O)(=O)c2ccc(N)cc2)cc1.Nc1ccc(SCCCCCSc2ccc(N)cc2)cc1. The molecule has 0 spiro atoms. The zero-order valence-electron chi connectivity index (χ0n) is 61.2. The van der Waals surface area contributed by atoms with Crippen LogP contribution in [-0.2, 0) is 20.7 Å². The van der Waals surface area contributed by atoms with Gasteiger partial charge in [-0.25, -0.2) is 8.42 Å². The first-order chi connectivity index (χ1) is 52.0. The number of alkyl halides is 6. The number of thioether (sulfide) groups is 2. The minimum Gasteiger partial charge on any atom is -0.399 e. The van der Waals surface area contributed by atoms with Crippen molar-refractivity contribution in [3.05, 3.63) is 324 Å². The van der Waals surface area contributed by atoms with Gasteiger partial charge in [-0.3, -0.25) is 4.79 Å². The predicted octanol–water partition coefficient (Wildman–Crippen LogP) is 19.2. The molecule has 12 rings (SSSR count). The number of benzene rings is 12. The first-order valence-corrected chi connectivity index (χ1v) is 37.9. The van der Waals surface area contributed by atoms with E-state index in [1.807, 2.05) is 96.3 Å². The van der Waals surface area contributed by atoms with Crippen molar-refractivity contribution in [1.82, 2.24) is 0 Å². The van der Waals surface area contributed by atoms with Crippen LogP contribution in [-0.4, -0.2) is 38.1 Å². The number of halogens is 6. The van der Waals surface area contributed by atoms with Gasteiger partial charge in [0.1, 0.15) is 0 Å². The minimum atomic E-state index is -5.61. The molecule has 0 saturated heterocycles. The molecule has 24 N–H and O–H groups in total. The monoisotopic (exact) mass is 1550 g/mol. The molecule has 0 aliphatic rings. The van der Waals surface area contributed by atoms with Crippen molar-refractivity contribution in [3.63, 3.8) is 0 Å². The molecule has 12 aromatic carbocycles. The number of hydrogen-bond donors (Lipinski definition) is 12. The van der Waals surface area contributed by atoms with Crippen LogP contribution in [0, 0.1) is 13.8 Å². The Morgan fingerprint density at radius 1 is 0.309 bits per heavy atom. The van der Waals surface area contributed by atoms with Crippen LogP contribution in [0.1, 0.15) is 82.4 Å². The first-order valence-electron chi connectivity index (χ1n) is 34.5. The highest BCUT2D eigenvalue weighted by Gasteiger charge is 2.72. The molecule has 0 radical (unpaired) electrons. The van der Waals surface area contributed by atoms with Crippen molar-refractivity contribution < 1.29 is 39.6 Å². The van der Waals surface area contributed by atoms with E-state index in [2.05, 4.69) is 88.4 Å². The maximum Gasteiger partial charge on any atom is 0.411 e. The Morgan fingerprint density at radius 3 is 0.791 bits per heavy atom. The van der Waals surface area contributed by atoms with Crippen molar-refractivity contribution >= 4 is 107 Å². The van der Waals surface area contributed by atoms with Crippen LogP contribution in [0.4, 0.5) is 94.6 Å². The maximum absolute atomic E-state index is 13.7. The predicted molar refractivity (Wildman–Crippen MR) is 448 cm³/mol. The summed E-state index contributed by atoms with van der Waals surface area (Å²) in [5.41, 5.74) is 76.9. The van der Waals surface area contributed by atoms with Crippen LogP contribution < -0.4 is 68.8 Å². The number of anilines is 12. The van der Waals surface area contributed by atoms with Crippen molar-refractivity contribution in [1.29, 1.82) is 0 Å². The Labute approximate surface area is 647 Å². The third-order valence-corrected chi connectivity index (χ3v) is 21.4. The highest BCUT2D eigenvalue weighted by atomic mass is 32.2. The summed E-state index contributed by atoms with van der Waals surface area (Å²) in [7, 11) is -3.48. The number of unbranched alkanes of at least 4 members (excludes halogenated alkanes) is 2. The minimum absolute atomic E-state index is 0.0278. The fourth-order valence-electron chi connectivity index (χ4n) is 11.1. The Balaban J connectivity index is 0.000000184. The number of carbonyl (C=O) groups is 1. The van der Waals surface area contributed by atoms with Gasteiger partial charge in [0, 0.05) is 94.6 Å². The number of aryl methyl sites for hydroxylation is 2. The molecule has 110 heavy (non-hydrogen) atoms. The van der Waals surface area contributed by atoms with Crippen LogP contribution in [0.25, 0.3) is 11.1 Å². The second-order valence-electron chi connectivity index (χ2n) is 26.1. The summed E-state index contributed by atoms with van der Waals surface area (Å²) in [5, 5.41) is 0. The maximum atomic E-state index is 13.7. The van der Waals surface area contributed by atoms with Gasteiger partial charge in [0.2, 0.25) is 15.3 Å². The van der Waals surface area contributed by atoms with Gasteiger partial charge in [0.15, 0.2) is 5.78 Å². The van der Waals surface area contributed by atoms with E-state index < -0.39 is 38.7 Å². The zero-order valence-corrected chi connectivity index (χ0v) is 63.7. The normalized spacial score (nSPS) is 11.3. The number of rotatable bonds is 17. The van der Waals surface area contributed by atoms with Gasteiger partial charge in [-0.15, -0.1) is 23.5 Å². The molecule has 0 amide bonds. The molecule has 0 unspecified atom stereocenters. The second-order valence-corrected chi connectivity index (χ2v) is 30.4. The lowest BCUT2D eigenvalue weighted by molar-refractivity contribution is -0.288. The lowest BCUT2D eigenvalue weighted by atomic mass is 9.73. The van der Waals surface area contributed by atoms with Crippen molar-refractivity contribution in [2.45, 2.75) is 89.7 Å². The largest absolute Gasteiger partial charge is 0.411 e. The number of hydrogen-bond acceptors (Lipinski definition) is 17. The van der Waals surface area contributed by atoms with Crippen molar-refractivity contribution in [2.24, 2.45) is 0 Å². The number of ketones is 1. The molecule has 0 bridgehead atoms. The first kappa shape index (κ1) is 85.4. The van der Waals surface area contributed by atoms with Crippen LogP contribution in [0.15, 0.2) is 299 Å². The van der Waals surface area contributed by atoms with Gasteiger partial charge in [-0.1, -0.05) is 80.9 Å². The quantitative estimate of drug-likeness (QED) is 0.0132. The van der Waals surface area contributed by atoms with Gasteiger partial charge in [0.25, 0.3) is 0 Å². The van der Waals surface area contributed by atoms with Gasteiger partial charge >= 0.3 is 12.4 Å². The van der Waals surface area contributed by atoms with E-state index in [1.54, 1.807) is 72.8 Å². The lowest BCUT2D eigenvalue weighted by Gasteiger charge is -2.38. The van der Waals surface area contributed by atoms with Crippen LogP contribution >= 0.6 is 23.5 Å². The van der Waals surface area contributed by atoms with Crippen molar-refractivity contribution in [3.8, 4) is 11.1 Å². The van der Waals surface area contributed by atoms with E-state index in [0.717, 1.165) is 82.7 Å². The average Bonchev–Trinajstić information content (AvgIpc) is 0.716. The Hall–Kier alpha value is -11.9. The molecule has 24 heteroatoms. The van der Waals surface area contributed by atoms with Gasteiger partial charge in [-0.05, 0) is 301 Å². The Morgan fingerprint density at radius 2 is 0.536 bits per heavy atom. The summed E-state index contributed by atoms with van der Waals surface area (Å²) >= 11 is 3.82. The van der Waals surface area contributed by atoms with Gasteiger partial charge < -0.3 is 68.8 Å². The summed E-state index contributed by atoms with van der Waals surface area (Å²) in [6, 6.07) is 77.1. The summed E-state index contributed by atoms with van der Waals surface area (Å²) in [4.78, 5) is 15.0. The molecule has 0 aliphatic carbocycles. The van der Waals surface area contributed by atoms with E-state index in [-0.39, 0.29) is 32.4 Å². The molecular weight excluding hydrogens is 1460 g/mol. The number of nitrogens with two attached hydrogens (primary N) is 12. The molecule has 0 aromatic heterocycles. The van der Waals surface area contributed by atoms with E-state index in [1.165, 1.54) is 98.2 Å². The third kappa shape index (κ3) is 24.1. The molecule has 0 saturated carbocycles. The number of sulfone groups is 1. The zero-order chi connectivity index (χ0) is 80.6. The van der Waals surface area contributed by atoms with Crippen LogP contribution in [0.3, 0.4) is 0 Å². The van der Waals surface area contributed by atoms with E-state index in [4.69, 9.17) is 68.8 Å². The molecule has 0 heterocycles. The second kappa shape index (κ2) is 38.8. The molecule has 12 aromatic rings. The molecule has 0 fully saturated rings. The number of nitrogen functional groups attached to an aromatic ring is 12. The standard InChI is InChI=1S/C17H22N2S2.C15H12F6N2.C15H18N2.C14H16N2.C13H12N2O.C12H12N2O2S/c18-14-4-8-16(9-5-14)20-12-2-1-3-13-21-17-10-6-15(19)7-11-17;16-14(17,18)13(15(19,20)21,9-1-5-11(22)6-2-9)10-3-7-12(23)8-4-10;1-15(2,11-3-7-13(16)8-4-11)12-5-9-14(17)10-6-12;1-9-7-11(15)3-5-13(9)14-6-4-12(16)8-10(14)2;14-11-5-1-9(2-6-11)13(16)10-3-7-12(15)8-4-10;13-9-1-5-11(6-2-9)17(15,16)12-7-3-10(14)4-8-12/h4-11H,1-3,12-13,18-19H2;1-8H,22-23H2;3-10H,16-17H2,1-2H3;3-8H,15-16H2,1-2H3;1-8H,14-15H2;1-8H,13-14H2. The lowest BCUT2D eigenvalue weighted by Crippen LogP contribution is -2.54. The van der Waals surface area contributed by atoms with Crippen LogP contribution in [0.2, 0.25) is 0 Å². The summed E-state index contributed by atoms with van der Waals surface area (Å²) < 4.78 is 106. The van der Waals surface area contributed by atoms with Crippen LogP contribution in [0.5, 0.6) is 0 Å². The van der Waals surface area contributed by atoms with E-state index >= 15 is 0 Å². The van der Waals surface area contributed by atoms with Crippen molar-refractivity contribution in [2.75, 3.05) is 80.3 Å². The van der Waals surface area contributed by atoms with Gasteiger partial charge in [0.05, 0.1) is 9.79 Å². The van der Waals surface area contributed by atoms with Gasteiger partial charge in [-0.2, -0.15) is 26.3 Å². The summed E-state index contributed by atoms with van der Waals surface area (Å²) in [6.45, 7) is 8.54. The van der Waals surface area contributed by atoms with E-state index in [9.17, 15) is 39.6 Å². The third-order valence-electron chi connectivity index (χ3n) is 17.4. The molecule has 0 atom stereocenters. The molecule has 0 aliphatic heterocycles. The summed E-state index contributed by atoms with van der Waals surface area (Å²) in [6.07, 6.45) is -7.42. The average molecular weight is 1550 g/mol. The fraction of sp³-hybridized carbons (Fsp3) is 0.151. The molecular formula is C86H92F6N12O3S3. The Kier molecular flexibility index (Phi) is 30.1. The highest BCUT2D eigenvalue weighted by Crippen LogP contribution is 2.56. The molecule has 574 valence electrons. The Bertz CT molecular complexity index is 4700. The molecule has 15 nitrogen and oxygen atoms in total. The van der Waals surface area contributed by atoms with E-state index in [0.29, 0.717) is 33.9 Å². The highest BCUT2D eigenvalue weighted by molar-refractivity contribution is 7.99. The smallest absolute Gasteiger partial charge is 0.399 e. The fourth-order valence-corrected chi connectivity index (χ4v) is 14.2.